The number of hydroxylamine groups is 2. The molecule has 0 saturated heterocycles. The van der Waals surface area contributed by atoms with Gasteiger partial charge in [-0.1, -0.05) is 85.8 Å². The Morgan fingerprint density at radius 1 is 0.704 bits per heavy atom. The van der Waals surface area contributed by atoms with E-state index in [1.54, 1.807) is 0 Å². The van der Waals surface area contributed by atoms with E-state index >= 15 is 0 Å². The largest absolute Gasteiger partial charge is 0.762 e. The van der Waals surface area contributed by atoms with E-state index in [0.717, 1.165) is 16.7 Å². The van der Waals surface area contributed by atoms with Crippen LogP contribution in [0.4, 0.5) is 0 Å². The molecule has 3 aliphatic carbocycles. The highest BCUT2D eigenvalue weighted by molar-refractivity contribution is 5.66. The maximum Gasteiger partial charge on any atom is 0.0432 e. The highest BCUT2D eigenvalue weighted by Gasteiger charge is 2.62. The molecule has 3 aliphatic rings. The first kappa shape index (κ1) is 16.7. The summed E-state index contributed by atoms with van der Waals surface area (Å²) in [4.78, 5) is 0. The summed E-state index contributed by atoms with van der Waals surface area (Å²) in [6.45, 7) is 4.32. The molecule has 0 aromatic heterocycles. The van der Waals surface area contributed by atoms with Crippen molar-refractivity contribution in [2.24, 2.45) is 0 Å². The van der Waals surface area contributed by atoms with Crippen molar-refractivity contribution in [2.45, 2.75) is 36.6 Å². The summed E-state index contributed by atoms with van der Waals surface area (Å²) in [5.74, 6) is -0.156. The van der Waals surface area contributed by atoms with E-state index in [1.807, 2.05) is 30.3 Å². The van der Waals surface area contributed by atoms with Crippen molar-refractivity contribution in [3.05, 3.63) is 112 Å². The van der Waals surface area contributed by atoms with Gasteiger partial charge in [0.05, 0.1) is 0 Å². The van der Waals surface area contributed by atoms with Crippen molar-refractivity contribution in [2.75, 3.05) is 0 Å². The van der Waals surface area contributed by atoms with E-state index in [-0.39, 0.29) is 11.1 Å². The third-order valence-corrected chi connectivity index (χ3v) is 7.02. The van der Waals surface area contributed by atoms with Gasteiger partial charge in [-0.2, -0.15) is 0 Å². The van der Waals surface area contributed by atoms with Crippen molar-refractivity contribution in [3.8, 4) is 0 Å². The second kappa shape index (κ2) is 5.52. The van der Waals surface area contributed by atoms with E-state index in [1.165, 1.54) is 11.1 Å². The molecule has 0 aliphatic heterocycles. The summed E-state index contributed by atoms with van der Waals surface area (Å²) in [6.07, 6.45) is 0. The molecule has 27 heavy (non-hydrogen) atoms. The Labute approximate surface area is 159 Å². The molecule has 3 aromatic carbocycles. The predicted molar refractivity (Wildman–Crippen MR) is 106 cm³/mol. The van der Waals surface area contributed by atoms with Crippen LogP contribution >= 0.6 is 0 Å². The highest BCUT2D eigenvalue weighted by Crippen LogP contribution is 2.65. The average Bonchev–Trinajstić information content (AvgIpc) is 2.70. The molecule has 3 aromatic rings. The molecule has 0 radical (unpaired) electrons. The molecule has 6 rings (SSSR count). The number of rotatable bonds is 2. The standard InChI is InChI=1S/C24H22NO2/c1-23-17-12-6-8-14-19(17)24(2,20-15-9-7-13-18(20)23)22(25(26)27)21(23)16-10-4-3-5-11-16/h3-15,21-22,26H,1-2H3/q-1/t21-,22-,23?,24?/m1/s1. The van der Waals surface area contributed by atoms with Gasteiger partial charge in [0.15, 0.2) is 0 Å². The Hall–Kier alpha value is -2.46. The quantitative estimate of drug-likeness (QED) is 0.660. The summed E-state index contributed by atoms with van der Waals surface area (Å²) < 4.78 is 0. The lowest BCUT2D eigenvalue weighted by Gasteiger charge is -2.64. The van der Waals surface area contributed by atoms with E-state index in [0.29, 0.717) is 0 Å². The second-order valence-electron chi connectivity index (χ2n) is 8.13. The van der Waals surface area contributed by atoms with E-state index in [2.05, 4.69) is 62.4 Å². The summed E-state index contributed by atoms with van der Waals surface area (Å²) >= 11 is 0. The summed E-state index contributed by atoms with van der Waals surface area (Å²) in [5.41, 5.74) is 4.85. The van der Waals surface area contributed by atoms with E-state index in [4.69, 9.17) is 0 Å². The minimum atomic E-state index is -0.602. The van der Waals surface area contributed by atoms with E-state index < -0.39 is 16.9 Å². The van der Waals surface area contributed by atoms with Crippen LogP contribution in [0.2, 0.25) is 0 Å². The van der Waals surface area contributed by atoms with Gasteiger partial charge in [0.25, 0.3) is 0 Å². The molecular formula is C24H22NO2-. The Balaban J connectivity index is 1.94. The molecule has 1 N–H and O–H groups in total. The number of hydrogen-bond donors (Lipinski definition) is 1. The third-order valence-electron chi connectivity index (χ3n) is 7.02. The van der Waals surface area contributed by atoms with Gasteiger partial charge in [-0.15, -0.1) is 0 Å². The van der Waals surface area contributed by atoms with Gasteiger partial charge < -0.3 is 10.4 Å². The molecule has 0 unspecified atom stereocenters. The molecule has 2 atom stereocenters. The molecule has 3 heteroatoms. The van der Waals surface area contributed by atoms with Gasteiger partial charge in [-0.25, -0.2) is 0 Å². The fourth-order valence-electron chi connectivity index (χ4n) is 5.90. The molecule has 0 amide bonds. The lowest BCUT2D eigenvalue weighted by Crippen LogP contribution is -2.63. The third kappa shape index (κ3) is 1.91. The molecule has 0 fully saturated rings. The Kier molecular flexibility index (Phi) is 3.41. The van der Waals surface area contributed by atoms with Crippen molar-refractivity contribution < 1.29 is 5.21 Å². The maximum absolute atomic E-state index is 12.6. The van der Waals surface area contributed by atoms with Crippen LogP contribution in [0, 0.1) is 5.21 Å². The Morgan fingerprint density at radius 3 is 1.56 bits per heavy atom. The monoisotopic (exact) mass is 356 g/mol. The molecule has 0 saturated carbocycles. The van der Waals surface area contributed by atoms with Crippen LogP contribution in [0.25, 0.3) is 0 Å². The molecule has 136 valence electrons. The SMILES string of the molecule is CC12c3ccccc3C(C)(c3ccccc31)[C@H](N([O-])O)[C@H]2c1ccccc1. The Bertz CT molecular complexity index is 964. The fourth-order valence-corrected chi connectivity index (χ4v) is 5.90. The topological polar surface area (TPSA) is 46.5 Å². The van der Waals surface area contributed by atoms with Gasteiger partial charge in [-0.3, -0.25) is 5.23 Å². The van der Waals surface area contributed by atoms with Gasteiger partial charge in [0.1, 0.15) is 0 Å². The van der Waals surface area contributed by atoms with Crippen LogP contribution in [-0.2, 0) is 10.8 Å². The van der Waals surface area contributed by atoms with Gasteiger partial charge in [-0.05, 0) is 34.7 Å². The van der Waals surface area contributed by atoms with Crippen molar-refractivity contribution in [1.82, 2.24) is 5.23 Å². The van der Waals surface area contributed by atoms with Gasteiger partial charge >= 0.3 is 0 Å². The molecule has 0 spiro atoms. The van der Waals surface area contributed by atoms with Crippen LogP contribution in [0.1, 0.15) is 47.6 Å². The molecule has 2 bridgehead atoms. The van der Waals surface area contributed by atoms with Crippen LogP contribution in [0.3, 0.4) is 0 Å². The lowest BCUT2D eigenvalue weighted by molar-refractivity contribution is -0.118. The highest BCUT2D eigenvalue weighted by atomic mass is 16.8. The smallest absolute Gasteiger partial charge is 0.0432 e. The number of benzene rings is 3. The zero-order chi connectivity index (χ0) is 18.8. The maximum atomic E-state index is 12.6. The van der Waals surface area contributed by atoms with Crippen LogP contribution in [-0.4, -0.2) is 16.5 Å². The first-order valence-corrected chi connectivity index (χ1v) is 9.41. The zero-order valence-electron chi connectivity index (χ0n) is 15.5. The minimum Gasteiger partial charge on any atom is -0.762 e. The lowest BCUT2D eigenvalue weighted by atomic mass is 9.43. The van der Waals surface area contributed by atoms with E-state index in [9.17, 15) is 10.4 Å². The summed E-state index contributed by atoms with van der Waals surface area (Å²) in [6, 6.07) is 26.3. The van der Waals surface area contributed by atoms with Gasteiger partial charge in [0, 0.05) is 22.8 Å². The zero-order valence-corrected chi connectivity index (χ0v) is 15.5. The first-order chi connectivity index (χ1) is 13.0. The van der Waals surface area contributed by atoms with Crippen LogP contribution in [0.15, 0.2) is 78.9 Å². The van der Waals surface area contributed by atoms with Crippen molar-refractivity contribution in [1.29, 1.82) is 0 Å². The number of fused-ring (bicyclic) bond motifs is 1. The average molecular weight is 356 g/mol. The second-order valence-corrected chi connectivity index (χ2v) is 8.13. The summed E-state index contributed by atoms with van der Waals surface area (Å²) in [5, 5.41) is 23.2. The number of hydrogen-bond acceptors (Lipinski definition) is 3. The van der Waals surface area contributed by atoms with Crippen LogP contribution in [0.5, 0.6) is 0 Å². The minimum absolute atomic E-state index is 0.156. The molecule has 3 nitrogen and oxygen atoms in total. The molecule has 0 heterocycles. The van der Waals surface area contributed by atoms with Crippen molar-refractivity contribution in [3.63, 3.8) is 0 Å². The normalized spacial score (nSPS) is 30.9. The predicted octanol–water partition coefficient (Wildman–Crippen LogP) is 4.97. The fraction of sp³-hybridized carbons (Fsp3) is 0.250. The van der Waals surface area contributed by atoms with Gasteiger partial charge in [0.2, 0.25) is 0 Å². The molecular weight excluding hydrogens is 334 g/mol. The summed E-state index contributed by atoms with van der Waals surface area (Å²) in [7, 11) is 0. The number of nitrogens with zero attached hydrogens (tertiary/aromatic N) is 1. The van der Waals surface area contributed by atoms with Crippen molar-refractivity contribution >= 4 is 0 Å². The Morgan fingerprint density at radius 2 is 1.11 bits per heavy atom. The first-order valence-electron chi connectivity index (χ1n) is 9.41. The van der Waals surface area contributed by atoms with Crippen LogP contribution < -0.4 is 0 Å².